The van der Waals surface area contributed by atoms with Gasteiger partial charge in [0, 0.05) is 45.5 Å². The van der Waals surface area contributed by atoms with Crippen molar-refractivity contribution in [1.29, 1.82) is 0 Å². The van der Waals surface area contributed by atoms with E-state index in [4.69, 9.17) is 21.6 Å². The summed E-state index contributed by atoms with van der Waals surface area (Å²) in [6.07, 6.45) is 2.95. The van der Waals surface area contributed by atoms with Gasteiger partial charge in [0.05, 0.1) is 17.9 Å². The van der Waals surface area contributed by atoms with Crippen molar-refractivity contribution in [2.45, 2.75) is 26.8 Å². The normalized spacial score (nSPS) is 13.1. The first-order valence-electron chi connectivity index (χ1n) is 10.0. The molecule has 3 aromatic rings. The van der Waals surface area contributed by atoms with Crippen LogP contribution in [0.15, 0.2) is 58.1 Å². The molecule has 2 heterocycles. The highest BCUT2D eigenvalue weighted by molar-refractivity contribution is 9.10. The summed E-state index contributed by atoms with van der Waals surface area (Å²) in [6, 6.07) is 14.1. The fraction of sp³-hybridized carbons (Fsp3) is 0.304. The maximum absolute atomic E-state index is 6.54. The van der Waals surface area contributed by atoms with Crippen LogP contribution in [-0.4, -0.2) is 39.8 Å². The molecule has 0 saturated heterocycles. The van der Waals surface area contributed by atoms with E-state index in [1.54, 1.807) is 0 Å². The number of rotatable bonds is 6. The Hall–Kier alpha value is -1.95. The molecule has 0 atom stereocenters. The van der Waals surface area contributed by atoms with Gasteiger partial charge < -0.3 is 4.90 Å². The lowest BCUT2D eigenvalue weighted by atomic mass is 10.00. The first kappa shape index (κ1) is 20.3. The minimum atomic E-state index is 0.521. The Labute approximate surface area is 185 Å². The van der Waals surface area contributed by atoms with Crippen LogP contribution in [0.5, 0.6) is 0 Å². The SMILES string of the molecule is CCN(CC)CCc1cnc2n1-c1cccc(Br)c1C(c1ccccc1Cl)=NC2. The molecule has 0 aliphatic carbocycles. The van der Waals surface area contributed by atoms with Crippen molar-refractivity contribution in [3.63, 3.8) is 0 Å². The number of imidazole rings is 1. The first-order chi connectivity index (χ1) is 14.1. The second-order valence-electron chi connectivity index (χ2n) is 7.06. The molecule has 0 N–H and O–H groups in total. The van der Waals surface area contributed by atoms with Gasteiger partial charge in [-0.3, -0.25) is 9.56 Å². The summed E-state index contributed by atoms with van der Waals surface area (Å²) in [6.45, 7) is 8.05. The fourth-order valence-corrected chi connectivity index (χ4v) is 4.63. The number of aromatic nitrogens is 2. The minimum Gasteiger partial charge on any atom is -0.303 e. The second-order valence-corrected chi connectivity index (χ2v) is 8.32. The van der Waals surface area contributed by atoms with E-state index in [2.05, 4.69) is 57.4 Å². The Morgan fingerprint density at radius 3 is 2.66 bits per heavy atom. The third kappa shape index (κ3) is 3.91. The van der Waals surface area contributed by atoms with E-state index in [1.807, 2.05) is 30.5 Å². The zero-order chi connectivity index (χ0) is 20.4. The van der Waals surface area contributed by atoms with Crippen LogP contribution in [0.25, 0.3) is 5.69 Å². The molecule has 0 radical (unpaired) electrons. The molecule has 4 nitrogen and oxygen atoms in total. The number of likely N-dealkylation sites (N-methyl/N-ethyl adjacent to an activating group) is 1. The molecule has 4 rings (SSSR count). The van der Waals surface area contributed by atoms with E-state index in [-0.39, 0.29) is 0 Å². The maximum atomic E-state index is 6.54. The molecule has 0 fully saturated rings. The van der Waals surface area contributed by atoms with E-state index in [9.17, 15) is 0 Å². The largest absolute Gasteiger partial charge is 0.303 e. The van der Waals surface area contributed by atoms with Crippen LogP contribution in [-0.2, 0) is 13.0 Å². The third-order valence-corrected chi connectivity index (χ3v) is 6.45. The Morgan fingerprint density at radius 2 is 1.90 bits per heavy atom. The molecule has 150 valence electrons. The zero-order valence-corrected chi connectivity index (χ0v) is 19.0. The zero-order valence-electron chi connectivity index (χ0n) is 16.7. The van der Waals surface area contributed by atoms with E-state index >= 15 is 0 Å². The van der Waals surface area contributed by atoms with Gasteiger partial charge in [0.15, 0.2) is 0 Å². The molecular weight excluding hydrogens is 448 g/mol. The average Bonchev–Trinajstić information content (AvgIpc) is 3.05. The standard InChI is InChI=1S/C23H24BrClN4/c1-3-28(4-2)13-12-16-14-26-21-15-27-23(17-8-5-6-10-19(17)25)22-18(24)9-7-11-20(22)29(16)21/h5-11,14H,3-4,12-13,15H2,1-2H3. The quantitative estimate of drug-likeness (QED) is 0.474. The van der Waals surface area contributed by atoms with Gasteiger partial charge in [-0.1, -0.05) is 65.6 Å². The van der Waals surface area contributed by atoms with Crippen molar-refractivity contribution >= 4 is 33.2 Å². The molecule has 1 aliphatic heterocycles. The molecule has 1 aromatic heterocycles. The van der Waals surface area contributed by atoms with Crippen LogP contribution in [0.4, 0.5) is 0 Å². The monoisotopic (exact) mass is 470 g/mol. The van der Waals surface area contributed by atoms with Crippen LogP contribution in [0.2, 0.25) is 5.02 Å². The predicted octanol–water partition coefficient (Wildman–Crippen LogP) is 5.52. The lowest BCUT2D eigenvalue weighted by Gasteiger charge is -2.20. The molecule has 0 amide bonds. The van der Waals surface area contributed by atoms with Gasteiger partial charge in [0.2, 0.25) is 0 Å². The summed E-state index contributed by atoms with van der Waals surface area (Å²) in [4.78, 5) is 12.1. The van der Waals surface area contributed by atoms with Crippen LogP contribution >= 0.6 is 27.5 Å². The second kappa shape index (κ2) is 8.82. The van der Waals surface area contributed by atoms with Crippen LogP contribution in [0.3, 0.4) is 0 Å². The molecule has 0 unspecified atom stereocenters. The smallest absolute Gasteiger partial charge is 0.135 e. The topological polar surface area (TPSA) is 33.4 Å². The molecule has 1 aliphatic rings. The maximum Gasteiger partial charge on any atom is 0.135 e. The molecule has 0 saturated carbocycles. The fourth-order valence-electron chi connectivity index (χ4n) is 3.86. The highest BCUT2D eigenvalue weighted by atomic mass is 79.9. The van der Waals surface area contributed by atoms with Crippen molar-refractivity contribution in [3.05, 3.63) is 80.8 Å². The third-order valence-electron chi connectivity index (χ3n) is 5.46. The summed E-state index contributed by atoms with van der Waals surface area (Å²) >= 11 is 10.3. The van der Waals surface area contributed by atoms with Gasteiger partial charge in [0.1, 0.15) is 5.82 Å². The Kier molecular flexibility index (Phi) is 6.18. The van der Waals surface area contributed by atoms with Crippen molar-refractivity contribution in [3.8, 4) is 5.69 Å². The summed E-state index contributed by atoms with van der Waals surface area (Å²) in [5.74, 6) is 0.959. The Morgan fingerprint density at radius 1 is 1.10 bits per heavy atom. The van der Waals surface area contributed by atoms with Crippen molar-refractivity contribution in [2.24, 2.45) is 4.99 Å². The van der Waals surface area contributed by atoms with Gasteiger partial charge in [0.25, 0.3) is 0 Å². The van der Waals surface area contributed by atoms with Gasteiger partial charge >= 0.3 is 0 Å². The lowest BCUT2D eigenvalue weighted by molar-refractivity contribution is 0.306. The number of halogens is 2. The average molecular weight is 472 g/mol. The van der Waals surface area contributed by atoms with Crippen LogP contribution in [0, 0.1) is 0 Å². The van der Waals surface area contributed by atoms with E-state index in [0.29, 0.717) is 11.6 Å². The molecule has 0 spiro atoms. The number of hydrogen-bond donors (Lipinski definition) is 0. The highest BCUT2D eigenvalue weighted by Gasteiger charge is 2.24. The van der Waals surface area contributed by atoms with E-state index in [0.717, 1.165) is 58.9 Å². The molecular formula is C23H24BrClN4. The predicted molar refractivity (Wildman–Crippen MR) is 124 cm³/mol. The number of benzene rings is 2. The van der Waals surface area contributed by atoms with E-state index in [1.165, 1.54) is 5.69 Å². The summed E-state index contributed by atoms with van der Waals surface area (Å²) < 4.78 is 3.28. The Balaban J connectivity index is 1.83. The first-order valence-corrected chi connectivity index (χ1v) is 11.2. The van der Waals surface area contributed by atoms with Crippen LogP contribution < -0.4 is 0 Å². The van der Waals surface area contributed by atoms with E-state index < -0.39 is 0 Å². The number of hydrogen-bond acceptors (Lipinski definition) is 3. The highest BCUT2D eigenvalue weighted by Crippen LogP contribution is 2.33. The molecule has 0 bridgehead atoms. The van der Waals surface area contributed by atoms with Crippen molar-refractivity contribution < 1.29 is 0 Å². The number of nitrogens with zero attached hydrogens (tertiary/aromatic N) is 4. The molecule has 6 heteroatoms. The number of fused-ring (bicyclic) bond motifs is 3. The van der Waals surface area contributed by atoms with Gasteiger partial charge in [-0.15, -0.1) is 0 Å². The lowest BCUT2D eigenvalue weighted by Crippen LogP contribution is -2.26. The molecule has 29 heavy (non-hydrogen) atoms. The van der Waals surface area contributed by atoms with Crippen molar-refractivity contribution in [1.82, 2.24) is 14.5 Å². The van der Waals surface area contributed by atoms with Gasteiger partial charge in [-0.25, -0.2) is 4.98 Å². The van der Waals surface area contributed by atoms with Crippen molar-refractivity contribution in [2.75, 3.05) is 19.6 Å². The Bertz CT molecular complexity index is 1050. The van der Waals surface area contributed by atoms with Gasteiger partial charge in [-0.2, -0.15) is 0 Å². The number of aliphatic imine (C=N–C) groups is 1. The molecule has 2 aromatic carbocycles. The van der Waals surface area contributed by atoms with Crippen LogP contribution in [0.1, 0.15) is 36.5 Å². The summed E-state index contributed by atoms with van der Waals surface area (Å²) in [7, 11) is 0. The summed E-state index contributed by atoms with van der Waals surface area (Å²) in [5, 5.41) is 0.703. The van der Waals surface area contributed by atoms with Gasteiger partial charge in [-0.05, 0) is 31.3 Å². The minimum absolute atomic E-state index is 0.521. The summed E-state index contributed by atoms with van der Waals surface area (Å²) in [5.41, 5.74) is 5.21.